The lowest BCUT2D eigenvalue weighted by Gasteiger charge is -2.25. The Hall–Kier alpha value is -4.61. The maximum Gasteiger partial charge on any atom is 0.361 e. The van der Waals surface area contributed by atoms with E-state index in [9.17, 15) is 19.2 Å². The minimum atomic E-state index is -0.944. The molecule has 2 aromatic carbocycles. The minimum absolute atomic E-state index is 0.00747. The molecule has 0 bridgehead atoms. The van der Waals surface area contributed by atoms with Gasteiger partial charge in [0.1, 0.15) is 24.4 Å². The number of ketones is 1. The monoisotopic (exact) mass is 577 g/mol. The molecule has 3 atom stereocenters. The molecule has 12 nitrogen and oxygen atoms in total. The molecule has 0 spiro atoms. The van der Waals surface area contributed by atoms with E-state index in [4.69, 9.17) is 4.74 Å². The highest BCUT2D eigenvalue weighted by molar-refractivity contribution is 5.94. The zero-order valence-electron chi connectivity index (χ0n) is 24.7. The molecule has 0 fully saturated rings. The third kappa shape index (κ3) is 9.79. The fraction of sp³-hybridized carbons (Fsp3) is 0.433. The summed E-state index contributed by atoms with van der Waals surface area (Å²) in [7, 11) is 0. The van der Waals surface area contributed by atoms with Crippen molar-refractivity contribution in [1.82, 2.24) is 36.2 Å². The Morgan fingerprint density at radius 1 is 0.905 bits per heavy atom. The van der Waals surface area contributed by atoms with E-state index in [2.05, 4.69) is 31.4 Å². The quantitative estimate of drug-likeness (QED) is 0.249. The fourth-order valence-electron chi connectivity index (χ4n) is 4.06. The molecule has 1 heterocycles. The van der Waals surface area contributed by atoms with Gasteiger partial charge in [0, 0.05) is 6.42 Å². The molecule has 3 N–H and O–H groups in total. The molecule has 0 aliphatic rings. The summed E-state index contributed by atoms with van der Waals surface area (Å²) < 4.78 is 5.56. The van der Waals surface area contributed by atoms with Crippen molar-refractivity contribution in [3.05, 3.63) is 65.7 Å². The molecule has 224 valence electrons. The summed E-state index contributed by atoms with van der Waals surface area (Å²) in [6, 6.07) is 14.3. The van der Waals surface area contributed by atoms with Crippen LogP contribution in [0.15, 0.2) is 54.6 Å². The van der Waals surface area contributed by atoms with E-state index in [0.717, 1.165) is 15.9 Å². The zero-order valence-corrected chi connectivity index (χ0v) is 24.7. The number of amides is 3. The maximum atomic E-state index is 13.0. The van der Waals surface area contributed by atoms with Gasteiger partial charge in [-0.3, -0.25) is 19.2 Å². The number of rotatable bonds is 15. The van der Waals surface area contributed by atoms with Crippen molar-refractivity contribution in [2.24, 2.45) is 5.92 Å². The van der Waals surface area contributed by atoms with Crippen LogP contribution in [0.3, 0.4) is 0 Å². The summed E-state index contributed by atoms with van der Waals surface area (Å²) in [5, 5.41) is 19.9. The van der Waals surface area contributed by atoms with Gasteiger partial charge in [-0.1, -0.05) is 79.0 Å². The first kappa shape index (κ1) is 31.9. The molecule has 3 amide bonds. The van der Waals surface area contributed by atoms with Gasteiger partial charge in [-0.15, -0.1) is 0 Å². The smallest absolute Gasteiger partial charge is 0.361 e. The number of benzene rings is 2. The summed E-state index contributed by atoms with van der Waals surface area (Å²) in [5.74, 6) is -1.27. The second kappa shape index (κ2) is 15.4. The van der Waals surface area contributed by atoms with E-state index >= 15 is 0 Å². The second-order valence-electron chi connectivity index (χ2n) is 10.5. The van der Waals surface area contributed by atoms with Crippen LogP contribution in [-0.2, 0) is 32.1 Å². The van der Waals surface area contributed by atoms with Gasteiger partial charge in [0.15, 0.2) is 5.78 Å². The van der Waals surface area contributed by atoms with Crippen LogP contribution < -0.4 is 20.7 Å². The van der Waals surface area contributed by atoms with Crippen LogP contribution in [0.1, 0.15) is 51.7 Å². The predicted octanol–water partition coefficient (Wildman–Crippen LogP) is 2.52. The first-order valence-corrected chi connectivity index (χ1v) is 14.0. The highest BCUT2D eigenvalue weighted by Crippen LogP contribution is 2.17. The van der Waals surface area contributed by atoms with Crippen LogP contribution in [0.25, 0.3) is 0 Å². The lowest BCUT2D eigenvalue weighted by Crippen LogP contribution is -2.56. The summed E-state index contributed by atoms with van der Waals surface area (Å²) in [6.07, 6.45) is 1.10. The minimum Gasteiger partial charge on any atom is -0.422 e. The summed E-state index contributed by atoms with van der Waals surface area (Å²) in [4.78, 5) is 52.4. The Labute approximate surface area is 245 Å². The molecule has 3 unspecified atom stereocenters. The number of aromatic nitrogens is 4. The predicted molar refractivity (Wildman–Crippen MR) is 155 cm³/mol. The lowest BCUT2D eigenvalue weighted by atomic mass is 10.0. The summed E-state index contributed by atoms with van der Waals surface area (Å²) in [5.41, 5.74) is 2.10. The SMILES string of the molecule is CCC(NC(=O)C(C)NC(=O)C(NC(=O)CCc1ccccc1)C(C)C)C(=O)Cn1nnc(Oc2ccc(C)cc2)n1. The van der Waals surface area contributed by atoms with E-state index in [1.165, 1.54) is 6.92 Å². The Bertz CT molecular complexity index is 1340. The normalized spacial score (nSPS) is 13.1. The molecule has 0 radical (unpaired) electrons. The molecule has 0 aliphatic heterocycles. The van der Waals surface area contributed by atoms with Crippen molar-refractivity contribution in [2.45, 2.75) is 78.6 Å². The zero-order chi connectivity index (χ0) is 30.6. The molecule has 3 rings (SSSR count). The lowest BCUT2D eigenvalue weighted by molar-refractivity contribution is -0.133. The largest absolute Gasteiger partial charge is 0.422 e. The fourth-order valence-corrected chi connectivity index (χ4v) is 4.06. The molecular weight excluding hydrogens is 538 g/mol. The Morgan fingerprint density at radius 2 is 1.60 bits per heavy atom. The van der Waals surface area contributed by atoms with Gasteiger partial charge in [-0.2, -0.15) is 4.80 Å². The number of nitrogens with zero attached hydrogens (tertiary/aromatic N) is 4. The van der Waals surface area contributed by atoms with Crippen LogP contribution in [0.2, 0.25) is 0 Å². The Kier molecular flexibility index (Phi) is 11.7. The van der Waals surface area contributed by atoms with Crippen molar-refractivity contribution >= 4 is 23.5 Å². The van der Waals surface area contributed by atoms with Gasteiger partial charge in [-0.05, 0) is 55.5 Å². The van der Waals surface area contributed by atoms with Gasteiger partial charge in [0.2, 0.25) is 17.7 Å². The average Bonchev–Trinajstić information content (AvgIpc) is 3.41. The van der Waals surface area contributed by atoms with E-state index in [0.29, 0.717) is 18.6 Å². The first-order valence-electron chi connectivity index (χ1n) is 14.0. The van der Waals surface area contributed by atoms with E-state index < -0.39 is 29.9 Å². The molecular formula is C30H39N7O5. The van der Waals surface area contributed by atoms with E-state index in [1.807, 2.05) is 63.2 Å². The number of tetrazole rings is 1. The number of Topliss-reactive ketones (excluding diaryl/α,β-unsaturated/α-hetero) is 1. The van der Waals surface area contributed by atoms with Crippen LogP contribution in [0.4, 0.5) is 0 Å². The summed E-state index contributed by atoms with van der Waals surface area (Å²) in [6.45, 7) is 8.63. The maximum absolute atomic E-state index is 13.0. The van der Waals surface area contributed by atoms with Crippen LogP contribution in [0, 0.1) is 12.8 Å². The third-order valence-corrected chi connectivity index (χ3v) is 6.58. The number of aryl methyl sites for hydroxylation is 2. The Morgan fingerprint density at radius 3 is 2.24 bits per heavy atom. The molecule has 1 aromatic heterocycles. The molecule has 12 heteroatoms. The van der Waals surface area contributed by atoms with Gasteiger partial charge in [-0.25, -0.2) is 0 Å². The molecule has 0 aliphatic carbocycles. The van der Waals surface area contributed by atoms with E-state index in [1.54, 1.807) is 19.1 Å². The highest BCUT2D eigenvalue weighted by Gasteiger charge is 2.28. The number of hydrogen-bond acceptors (Lipinski definition) is 8. The van der Waals surface area contributed by atoms with Gasteiger partial charge >= 0.3 is 6.01 Å². The molecule has 0 saturated heterocycles. The van der Waals surface area contributed by atoms with Crippen molar-refractivity contribution < 1.29 is 23.9 Å². The van der Waals surface area contributed by atoms with Crippen molar-refractivity contribution in [3.8, 4) is 11.8 Å². The van der Waals surface area contributed by atoms with E-state index in [-0.39, 0.29) is 36.6 Å². The number of carbonyl (C=O) groups is 4. The first-order chi connectivity index (χ1) is 20.0. The van der Waals surface area contributed by atoms with Crippen LogP contribution >= 0.6 is 0 Å². The number of hydrogen-bond donors (Lipinski definition) is 3. The topological polar surface area (TPSA) is 157 Å². The Balaban J connectivity index is 1.49. The van der Waals surface area contributed by atoms with Gasteiger partial charge in [0.05, 0.1) is 6.04 Å². The number of carbonyl (C=O) groups excluding carboxylic acids is 4. The van der Waals surface area contributed by atoms with Crippen molar-refractivity contribution in [3.63, 3.8) is 0 Å². The molecule has 42 heavy (non-hydrogen) atoms. The molecule has 0 saturated carbocycles. The third-order valence-electron chi connectivity index (χ3n) is 6.58. The van der Waals surface area contributed by atoms with Gasteiger partial charge < -0.3 is 20.7 Å². The second-order valence-corrected chi connectivity index (χ2v) is 10.5. The highest BCUT2D eigenvalue weighted by atomic mass is 16.5. The summed E-state index contributed by atoms with van der Waals surface area (Å²) >= 11 is 0. The van der Waals surface area contributed by atoms with Crippen molar-refractivity contribution in [2.75, 3.05) is 0 Å². The van der Waals surface area contributed by atoms with Crippen molar-refractivity contribution in [1.29, 1.82) is 0 Å². The van der Waals surface area contributed by atoms with Gasteiger partial charge in [0.25, 0.3) is 0 Å². The van der Waals surface area contributed by atoms with Crippen LogP contribution in [-0.4, -0.2) is 61.8 Å². The number of nitrogens with one attached hydrogen (secondary N) is 3. The standard InChI is InChI=1S/C30H39N7O5/c1-6-24(25(38)18-37-35-30(34-36-37)42-23-15-12-20(4)13-16-23)32-28(40)21(5)31-29(41)27(19(2)3)33-26(39)17-14-22-10-8-7-9-11-22/h7-13,15-16,19,21,24,27H,6,14,17-18H2,1-5H3,(H,31,41)(H,32,40)(H,33,39). The van der Waals surface area contributed by atoms with Crippen LogP contribution in [0.5, 0.6) is 11.8 Å². The average molecular weight is 578 g/mol. The number of ether oxygens (including phenoxy) is 1. The molecule has 3 aromatic rings.